The van der Waals surface area contributed by atoms with Crippen molar-refractivity contribution in [2.45, 2.75) is 51.5 Å². The highest BCUT2D eigenvalue weighted by molar-refractivity contribution is 7.09. The van der Waals surface area contributed by atoms with Gasteiger partial charge in [0.25, 0.3) is 5.56 Å². The Balaban J connectivity index is 1.90. The molecule has 26 heavy (non-hydrogen) atoms. The van der Waals surface area contributed by atoms with Gasteiger partial charge in [0.15, 0.2) is 0 Å². The highest BCUT2D eigenvalue weighted by atomic mass is 32.1. The molecule has 0 amide bonds. The molecular weight excluding hydrogens is 344 g/mol. The monoisotopic (exact) mass is 366 g/mol. The first-order chi connectivity index (χ1) is 12.7. The summed E-state index contributed by atoms with van der Waals surface area (Å²) in [5.74, 6) is 0.512. The van der Waals surface area contributed by atoms with E-state index in [1.54, 1.807) is 17.4 Å². The third-order valence-corrected chi connectivity index (χ3v) is 6.23. The second kappa shape index (κ2) is 7.14. The fraction of sp³-hybridized carbons (Fsp3) is 0.450. The summed E-state index contributed by atoms with van der Waals surface area (Å²) in [4.78, 5) is 22.8. The van der Waals surface area contributed by atoms with E-state index in [1.807, 2.05) is 17.8 Å². The van der Waals surface area contributed by atoms with Crippen molar-refractivity contribution in [3.8, 4) is 0 Å². The van der Waals surface area contributed by atoms with E-state index in [-0.39, 0.29) is 17.5 Å². The van der Waals surface area contributed by atoms with E-state index >= 15 is 0 Å². The lowest BCUT2D eigenvalue weighted by atomic mass is 9.77. The maximum Gasteiger partial charge on any atom is 0.272 e. The first kappa shape index (κ1) is 17.1. The Morgan fingerprint density at radius 3 is 2.96 bits per heavy atom. The minimum Gasteiger partial charge on any atom is -0.279 e. The van der Waals surface area contributed by atoms with Gasteiger partial charge in [-0.3, -0.25) is 14.8 Å². The van der Waals surface area contributed by atoms with Crippen molar-refractivity contribution in [1.82, 2.24) is 15.2 Å². The summed E-state index contributed by atoms with van der Waals surface area (Å²) < 4.78 is 0. The number of unbranched alkanes of at least 4 members (excludes halogenated alkanes) is 1. The number of nitrogens with one attached hydrogen (secondary N) is 1. The molecule has 1 aliphatic heterocycles. The van der Waals surface area contributed by atoms with Crippen LogP contribution in [0.1, 0.15) is 67.1 Å². The van der Waals surface area contributed by atoms with Crippen molar-refractivity contribution in [1.29, 1.82) is 0 Å². The summed E-state index contributed by atoms with van der Waals surface area (Å²) in [6.45, 7) is 4.46. The van der Waals surface area contributed by atoms with Crippen molar-refractivity contribution in [3.63, 3.8) is 0 Å². The number of nitrogens with zero attached hydrogens (tertiary/aromatic N) is 3. The Bertz CT molecular complexity index is 951. The number of H-pyrrole nitrogens is 1. The highest BCUT2D eigenvalue weighted by Gasteiger charge is 2.39. The van der Waals surface area contributed by atoms with Crippen molar-refractivity contribution in [3.05, 3.63) is 55.6 Å². The van der Waals surface area contributed by atoms with Gasteiger partial charge in [0.1, 0.15) is 0 Å². The summed E-state index contributed by atoms with van der Waals surface area (Å²) in [5.41, 5.74) is 8.00. The predicted octanol–water partition coefficient (Wildman–Crippen LogP) is 3.93. The summed E-state index contributed by atoms with van der Waals surface area (Å²) in [6, 6.07) is 0.108. The van der Waals surface area contributed by atoms with Gasteiger partial charge >= 0.3 is 0 Å². The number of hydrogen-bond donors (Lipinski definition) is 1. The van der Waals surface area contributed by atoms with Gasteiger partial charge in [-0.15, -0.1) is 17.1 Å². The van der Waals surface area contributed by atoms with Gasteiger partial charge in [-0.2, -0.15) is 5.10 Å². The summed E-state index contributed by atoms with van der Waals surface area (Å²) in [5, 5.41) is 7.17. The van der Waals surface area contributed by atoms with Crippen molar-refractivity contribution in [2.24, 2.45) is 10.9 Å². The van der Waals surface area contributed by atoms with Gasteiger partial charge in [-0.05, 0) is 18.4 Å². The molecule has 2 aliphatic rings. The molecule has 5 nitrogen and oxygen atoms in total. The second-order valence-corrected chi connectivity index (χ2v) is 7.80. The molecule has 0 bridgehead atoms. The average molecular weight is 366 g/mol. The molecule has 0 aromatic carbocycles. The summed E-state index contributed by atoms with van der Waals surface area (Å²) in [7, 11) is 0. The van der Waals surface area contributed by atoms with Gasteiger partial charge in [-0.1, -0.05) is 33.1 Å². The minimum absolute atomic E-state index is 0.0403. The summed E-state index contributed by atoms with van der Waals surface area (Å²) >= 11 is 1.64. The number of aromatic nitrogens is 3. The fourth-order valence-corrected chi connectivity index (χ4v) is 4.79. The van der Waals surface area contributed by atoms with Crippen LogP contribution in [0.15, 0.2) is 33.3 Å². The van der Waals surface area contributed by atoms with Gasteiger partial charge in [-0.25, -0.2) is 5.10 Å². The zero-order chi connectivity index (χ0) is 18.1. The number of rotatable bonds is 6. The molecule has 1 aliphatic carbocycles. The van der Waals surface area contributed by atoms with Crippen LogP contribution in [0, 0.1) is 5.92 Å². The maximum absolute atomic E-state index is 12.2. The normalized spacial score (nSPS) is 21.4. The average Bonchev–Trinajstić information content (AvgIpc) is 3.19. The number of aliphatic imine (C=N–C) groups is 1. The molecule has 3 unspecified atom stereocenters. The lowest BCUT2D eigenvalue weighted by molar-refractivity contribution is 0.344. The smallest absolute Gasteiger partial charge is 0.272 e. The molecule has 134 valence electrons. The lowest BCUT2D eigenvalue weighted by Gasteiger charge is -2.35. The topological polar surface area (TPSA) is 71.0 Å². The van der Waals surface area contributed by atoms with Gasteiger partial charge in [0.05, 0.1) is 34.4 Å². The second-order valence-electron chi connectivity index (χ2n) is 6.88. The molecule has 2 aromatic heterocycles. The van der Waals surface area contributed by atoms with Crippen LogP contribution in [0.5, 0.6) is 0 Å². The molecule has 2 aromatic rings. The Hall–Kier alpha value is -2.30. The van der Waals surface area contributed by atoms with Crippen LogP contribution in [0.2, 0.25) is 0 Å². The standard InChI is InChI=1S/C20H22N4OS/c1-3-5-7-12(4-2)18-17(15-10-21-11-26-15)19-16-13(20(25)24-23-19)8-6-9-14(16)22-18/h8-12,17-18H,3-5,7H2,1-2H3,(H,24,25). The molecule has 0 saturated heterocycles. The van der Waals surface area contributed by atoms with Crippen LogP contribution in [0.3, 0.4) is 0 Å². The Morgan fingerprint density at radius 2 is 2.23 bits per heavy atom. The third kappa shape index (κ3) is 2.79. The Kier molecular flexibility index (Phi) is 4.70. The minimum atomic E-state index is -0.184. The van der Waals surface area contributed by atoms with E-state index in [9.17, 15) is 4.79 Å². The van der Waals surface area contributed by atoms with Crippen molar-refractivity contribution in [2.75, 3.05) is 0 Å². The summed E-state index contributed by atoms with van der Waals surface area (Å²) in [6.07, 6.45) is 10.1. The number of hydrogen-bond acceptors (Lipinski definition) is 5. The molecule has 1 N–H and O–H groups in total. The first-order valence-corrected chi connectivity index (χ1v) is 10.1. The first-order valence-electron chi connectivity index (χ1n) is 9.26. The van der Waals surface area contributed by atoms with E-state index in [0.717, 1.165) is 34.7 Å². The number of aromatic amines is 1. The Morgan fingerprint density at radius 1 is 1.35 bits per heavy atom. The molecule has 0 saturated carbocycles. The van der Waals surface area contributed by atoms with Crippen LogP contribution in [0.4, 0.5) is 0 Å². The van der Waals surface area contributed by atoms with Crippen LogP contribution < -0.4 is 5.56 Å². The maximum atomic E-state index is 12.2. The molecule has 3 atom stereocenters. The van der Waals surface area contributed by atoms with E-state index in [2.05, 4.69) is 34.8 Å². The molecule has 4 rings (SSSR count). The zero-order valence-corrected chi connectivity index (χ0v) is 15.8. The lowest BCUT2D eigenvalue weighted by Crippen LogP contribution is -2.36. The molecule has 6 heteroatoms. The molecule has 0 radical (unpaired) electrons. The molecule has 0 spiro atoms. The SMILES string of the molecule is CCCCC(CC)C1N=C2C=C=Cc3c2c(n[nH]c3=O)C1c1cncs1. The van der Waals surface area contributed by atoms with Gasteiger partial charge in [0, 0.05) is 22.7 Å². The Labute approximate surface area is 156 Å². The number of allylic oxidation sites excluding steroid dienone is 1. The highest BCUT2D eigenvalue weighted by Crippen LogP contribution is 2.42. The zero-order valence-electron chi connectivity index (χ0n) is 15.0. The van der Waals surface area contributed by atoms with Crippen molar-refractivity contribution >= 4 is 23.1 Å². The molecule has 0 fully saturated rings. The quantitative estimate of drug-likeness (QED) is 0.788. The van der Waals surface area contributed by atoms with E-state index < -0.39 is 0 Å². The van der Waals surface area contributed by atoms with E-state index in [4.69, 9.17) is 4.99 Å². The van der Waals surface area contributed by atoms with Gasteiger partial charge in [0.2, 0.25) is 0 Å². The van der Waals surface area contributed by atoms with E-state index in [0.29, 0.717) is 11.5 Å². The van der Waals surface area contributed by atoms with Crippen molar-refractivity contribution < 1.29 is 0 Å². The predicted molar refractivity (Wildman–Crippen MR) is 105 cm³/mol. The van der Waals surface area contributed by atoms with Crippen LogP contribution in [-0.2, 0) is 0 Å². The molecule has 3 heterocycles. The van der Waals surface area contributed by atoms with Gasteiger partial charge < -0.3 is 0 Å². The number of thiazole rings is 1. The molecular formula is C20H22N4OS. The van der Waals surface area contributed by atoms with Crippen LogP contribution in [-0.4, -0.2) is 26.9 Å². The largest absolute Gasteiger partial charge is 0.279 e. The van der Waals surface area contributed by atoms with E-state index in [1.165, 1.54) is 12.8 Å². The fourth-order valence-electron chi connectivity index (χ4n) is 4.03. The van der Waals surface area contributed by atoms with Crippen LogP contribution in [0.25, 0.3) is 6.08 Å². The van der Waals surface area contributed by atoms with Crippen LogP contribution >= 0.6 is 11.3 Å². The third-order valence-electron chi connectivity index (χ3n) is 5.37.